The fourth-order valence-corrected chi connectivity index (χ4v) is 13.9. The van der Waals surface area contributed by atoms with Gasteiger partial charge < -0.3 is 59.8 Å². The lowest BCUT2D eigenvalue weighted by atomic mass is 9.33. The molecular formula is C42H66O14. The third-order valence-corrected chi connectivity index (χ3v) is 17.3. The molecule has 0 radical (unpaired) electrons. The Labute approximate surface area is 329 Å². The summed E-state index contributed by atoms with van der Waals surface area (Å²) in [6.07, 6.45) is -6.91. The van der Waals surface area contributed by atoms with Gasteiger partial charge in [0.2, 0.25) is 6.29 Å². The van der Waals surface area contributed by atoms with Crippen LogP contribution in [0.25, 0.3) is 0 Å². The maximum absolute atomic E-state index is 14.6. The lowest BCUT2D eigenvalue weighted by Crippen LogP contribution is -2.68. The third kappa shape index (κ3) is 5.85. The van der Waals surface area contributed by atoms with Gasteiger partial charge in [-0.25, -0.2) is 0 Å². The second kappa shape index (κ2) is 14.5. The van der Waals surface area contributed by atoms with Crippen LogP contribution in [0, 0.1) is 56.7 Å². The molecule has 5 aliphatic carbocycles. The third-order valence-electron chi connectivity index (χ3n) is 17.3. The van der Waals surface area contributed by atoms with Crippen LogP contribution < -0.4 is 0 Å². The Morgan fingerprint density at radius 2 is 1.43 bits per heavy atom. The topological polar surface area (TPSA) is 233 Å². The van der Waals surface area contributed by atoms with E-state index in [1.54, 1.807) is 6.92 Å². The van der Waals surface area contributed by atoms with Crippen molar-refractivity contribution < 1.29 is 69.4 Å². The van der Waals surface area contributed by atoms with Gasteiger partial charge in [0.1, 0.15) is 42.7 Å². The highest BCUT2D eigenvalue weighted by atomic mass is 16.7. The number of esters is 1. The van der Waals surface area contributed by atoms with Gasteiger partial charge >= 0.3 is 11.9 Å². The number of allylic oxidation sites excluding steroid dienone is 1. The molecule has 2 aliphatic heterocycles. The lowest BCUT2D eigenvalue weighted by molar-refractivity contribution is -0.324. The Hall–Kier alpha value is -1.72. The molecule has 318 valence electrons. The highest BCUT2D eigenvalue weighted by Crippen LogP contribution is 2.76. The van der Waals surface area contributed by atoms with Gasteiger partial charge in [-0.1, -0.05) is 53.2 Å². The molecule has 0 amide bonds. The molecule has 0 unspecified atom stereocenters. The largest absolute Gasteiger partial charge is 0.481 e. The average molecular weight is 795 g/mol. The fraction of sp³-hybridized carbons (Fsp3) is 0.905. The summed E-state index contributed by atoms with van der Waals surface area (Å²) < 4.78 is 23.9. The number of ether oxygens (including phenoxy) is 4. The number of rotatable bonds is 6. The van der Waals surface area contributed by atoms with Gasteiger partial charge in [-0.05, 0) is 111 Å². The van der Waals surface area contributed by atoms with Gasteiger partial charge in [-0.3, -0.25) is 9.59 Å². The minimum absolute atomic E-state index is 0.00720. The maximum Gasteiger partial charge on any atom is 0.315 e. The van der Waals surface area contributed by atoms with E-state index in [2.05, 4.69) is 47.6 Å². The van der Waals surface area contributed by atoms with Gasteiger partial charge in [0.05, 0.1) is 29.6 Å². The first-order chi connectivity index (χ1) is 26.1. The molecule has 20 atom stereocenters. The molecule has 0 bridgehead atoms. The van der Waals surface area contributed by atoms with E-state index in [4.69, 9.17) is 18.9 Å². The summed E-state index contributed by atoms with van der Waals surface area (Å²) in [5.74, 6) is -1.73. The van der Waals surface area contributed by atoms with Gasteiger partial charge in [-0.15, -0.1) is 0 Å². The molecular weight excluding hydrogens is 728 g/mol. The number of aliphatic carboxylic acids is 1. The van der Waals surface area contributed by atoms with Crippen molar-refractivity contribution >= 4 is 11.9 Å². The van der Waals surface area contributed by atoms with E-state index in [0.717, 1.165) is 18.4 Å². The number of hydrogen-bond acceptors (Lipinski definition) is 13. The molecule has 2 saturated heterocycles. The Morgan fingerprint density at radius 3 is 2.09 bits per heavy atom. The number of hydrogen-bond donors (Lipinski definition) is 8. The number of aliphatic hydroxyl groups is 7. The van der Waals surface area contributed by atoms with Crippen LogP contribution in [0.4, 0.5) is 0 Å². The highest BCUT2D eigenvalue weighted by Gasteiger charge is 2.74. The SMILES string of the molecule is C[C@H]1[C@H](C)CC[C@]2(C(=O)O[C@@H]3O[C@H](CO)[C@@H](O)[C@H](O)[C@H]3O)CC[C@]3(C(=O)O)C(=CC[C@@H]4[C@@]5(C)CC[C@H](O[C@@H]6O[C@@H](C)[C@H](O)[C@@H](O)[C@H]6O)C(C)(C)[C@@H]5CC[C@]43C)[C@H]12. The molecule has 14 heteroatoms. The van der Waals surface area contributed by atoms with Crippen LogP contribution in [-0.4, -0.2) is 127 Å². The molecule has 0 aromatic heterocycles. The van der Waals surface area contributed by atoms with E-state index < -0.39 is 108 Å². The van der Waals surface area contributed by atoms with Crippen molar-refractivity contribution in [1.82, 2.24) is 0 Å². The number of carboxylic acid groups (broad SMARTS) is 1. The summed E-state index contributed by atoms with van der Waals surface area (Å²) in [6, 6.07) is 0. The summed E-state index contributed by atoms with van der Waals surface area (Å²) in [5.41, 5.74) is -2.93. The Bertz CT molecular complexity index is 1550. The van der Waals surface area contributed by atoms with E-state index in [9.17, 15) is 50.4 Å². The van der Waals surface area contributed by atoms with Crippen molar-refractivity contribution in [2.24, 2.45) is 56.7 Å². The fourth-order valence-electron chi connectivity index (χ4n) is 13.9. The van der Waals surface area contributed by atoms with Crippen molar-refractivity contribution in [1.29, 1.82) is 0 Å². The number of carboxylic acids is 1. The number of fused-ring (bicyclic) bond motifs is 7. The molecule has 0 spiro atoms. The minimum Gasteiger partial charge on any atom is -0.481 e. The zero-order valence-electron chi connectivity index (χ0n) is 33.9. The van der Waals surface area contributed by atoms with Crippen molar-refractivity contribution in [2.45, 2.75) is 174 Å². The Balaban J connectivity index is 1.21. The number of carbonyl (C=O) groups excluding carboxylic acids is 1. The van der Waals surface area contributed by atoms with Gasteiger partial charge in [0.25, 0.3) is 0 Å². The molecule has 6 fully saturated rings. The summed E-state index contributed by atoms with van der Waals surface area (Å²) in [7, 11) is 0. The Morgan fingerprint density at radius 1 is 0.768 bits per heavy atom. The van der Waals surface area contributed by atoms with Crippen LogP contribution >= 0.6 is 0 Å². The van der Waals surface area contributed by atoms with Crippen LogP contribution in [0.3, 0.4) is 0 Å². The van der Waals surface area contributed by atoms with E-state index in [1.807, 2.05) is 0 Å². The molecule has 7 rings (SSSR count). The van der Waals surface area contributed by atoms with Gasteiger partial charge in [-0.2, -0.15) is 0 Å². The van der Waals surface area contributed by atoms with E-state index in [1.165, 1.54) is 0 Å². The van der Waals surface area contributed by atoms with Crippen molar-refractivity contribution in [2.75, 3.05) is 6.61 Å². The number of carbonyl (C=O) groups is 2. The first-order valence-corrected chi connectivity index (χ1v) is 20.9. The van der Waals surface area contributed by atoms with Crippen LogP contribution in [0.5, 0.6) is 0 Å². The molecule has 2 heterocycles. The Kier molecular flexibility index (Phi) is 11.0. The number of aliphatic hydroxyl groups excluding tert-OH is 7. The predicted octanol–water partition coefficient (Wildman–Crippen LogP) is 2.26. The highest BCUT2D eigenvalue weighted by molar-refractivity contribution is 5.85. The van der Waals surface area contributed by atoms with Crippen molar-refractivity contribution in [3.63, 3.8) is 0 Å². The summed E-state index contributed by atoms with van der Waals surface area (Å²) >= 11 is 0. The van der Waals surface area contributed by atoms with Crippen LogP contribution in [0.1, 0.15) is 106 Å². The van der Waals surface area contributed by atoms with Crippen LogP contribution in [0.2, 0.25) is 0 Å². The first-order valence-electron chi connectivity index (χ1n) is 20.9. The standard InChI is InChI=1S/C42H66O14/c1-19-10-15-41(37(52)56-35-33(49)31(47)29(45)23(18-43)54-35)16-17-42(36(50)51)22(27(41)20(19)2)8-9-25-39(6)13-12-26(38(4,5)24(39)11-14-40(25,42)7)55-34-32(48)30(46)28(44)21(3)53-34/h8,19-21,23-35,43-49H,9-18H2,1-7H3,(H,50,51)/t19-,20+,21+,23-,24+,25-,26+,27+,28+,29-,30-,31+,32-,33-,34+,35+,39+,40-,41+,42-/m1/s1. The van der Waals surface area contributed by atoms with Gasteiger partial charge in [0.15, 0.2) is 6.29 Å². The van der Waals surface area contributed by atoms with E-state index in [0.29, 0.717) is 32.1 Å². The van der Waals surface area contributed by atoms with Crippen LogP contribution in [-0.2, 0) is 28.5 Å². The molecule has 7 aliphatic rings. The monoisotopic (exact) mass is 794 g/mol. The predicted molar refractivity (Wildman–Crippen MR) is 198 cm³/mol. The second-order valence-electron chi connectivity index (χ2n) is 20.0. The smallest absolute Gasteiger partial charge is 0.315 e. The zero-order valence-corrected chi connectivity index (χ0v) is 33.9. The average Bonchev–Trinajstić information content (AvgIpc) is 3.14. The lowest BCUT2D eigenvalue weighted by Gasteiger charge is -2.70. The van der Waals surface area contributed by atoms with Crippen molar-refractivity contribution in [3.8, 4) is 0 Å². The normalized spacial score (nSPS) is 54.0. The van der Waals surface area contributed by atoms with Crippen LogP contribution in [0.15, 0.2) is 11.6 Å². The van der Waals surface area contributed by atoms with Gasteiger partial charge in [0, 0.05) is 0 Å². The molecule has 0 aromatic rings. The first kappa shape index (κ1) is 42.4. The molecule has 14 nitrogen and oxygen atoms in total. The molecule has 4 saturated carbocycles. The zero-order chi connectivity index (χ0) is 41.1. The second-order valence-corrected chi connectivity index (χ2v) is 20.0. The summed E-state index contributed by atoms with van der Waals surface area (Å²) in [6.45, 7) is 14.0. The van der Waals surface area contributed by atoms with E-state index >= 15 is 0 Å². The summed E-state index contributed by atoms with van der Waals surface area (Å²) in [5, 5.41) is 84.5. The minimum atomic E-state index is -1.74. The molecule has 0 aromatic carbocycles. The quantitative estimate of drug-likeness (QED) is 0.110. The molecule has 8 N–H and O–H groups in total. The summed E-state index contributed by atoms with van der Waals surface area (Å²) in [4.78, 5) is 28.8. The van der Waals surface area contributed by atoms with Crippen molar-refractivity contribution in [3.05, 3.63) is 11.6 Å². The molecule has 56 heavy (non-hydrogen) atoms. The van der Waals surface area contributed by atoms with E-state index in [-0.39, 0.29) is 48.0 Å². The maximum atomic E-state index is 14.6.